The quantitative estimate of drug-likeness (QED) is 0.519. The molecule has 22 heavy (non-hydrogen) atoms. The molecule has 0 unspecified atom stereocenters. The van der Waals surface area contributed by atoms with Gasteiger partial charge in [0.15, 0.2) is 0 Å². The summed E-state index contributed by atoms with van der Waals surface area (Å²) >= 11 is 0. The summed E-state index contributed by atoms with van der Waals surface area (Å²) in [5.74, 6) is 0.986. The van der Waals surface area contributed by atoms with Gasteiger partial charge in [0, 0.05) is 6.54 Å². The minimum absolute atomic E-state index is 0.765. The summed E-state index contributed by atoms with van der Waals surface area (Å²) in [6, 6.07) is 18.7. The summed E-state index contributed by atoms with van der Waals surface area (Å²) in [6.07, 6.45) is 4.95. The van der Waals surface area contributed by atoms with Gasteiger partial charge in [-0.25, -0.2) is 0 Å². The van der Waals surface area contributed by atoms with Crippen LogP contribution in [0, 0.1) is 0 Å². The highest BCUT2D eigenvalue weighted by atomic mass is 16.5. The van der Waals surface area contributed by atoms with Crippen LogP contribution in [0.4, 0.5) is 0 Å². The van der Waals surface area contributed by atoms with Gasteiger partial charge in [-0.2, -0.15) is 0 Å². The average Bonchev–Trinajstić information content (AvgIpc) is 2.56. The van der Waals surface area contributed by atoms with E-state index in [4.69, 9.17) is 4.74 Å². The van der Waals surface area contributed by atoms with Crippen LogP contribution in [0.5, 0.6) is 5.75 Å². The Bertz CT molecular complexity index is 551. The summed E-state index contributed by atoms with van der Waals surface area (Å²) in [7, 11) is 0. The van der Waals surface area contributed by atoms with E-state index in [1.165, 1.54) is 11.1 Å². The molecule has 0 bridgehead atoms. The molecule has 0 heterocycles. The number of para-hydroxylation sites is 1. The van der Waals surface area contributed by atoms with E-state index in [-0.39, 0.29) is 0 Å². The Morgan fingerprint density at radius 2 is 1.73 bits per heavy atom. The SMILES string of the molecule is C=CCc1ccccc1OCCCCNCc1ccccc1. The molecule has 2 nitrogen and oxygen atoms in total. The van der Waals surface area contributed by atoms with Crippen LogP contribution in [0.1, 0.15) is 24.0 Å². The maximum absolute atomic E-state index is 5.88. The Morgan fingerprint density at radius 3 is 2.55 bits per heavy atom. The number of benzene rings is 2. The number of allylic oxidation sites excluding steroid dienone is 1. The number of rotatable bonds is 10. The first kappa shape index (κ1) is 16.3. The van der Waals surface area contributed by atoms with Gasteiger partial charge in [0.05, 0.1) is 6.61 Å². The van der Waals surface area contributed by atoms with Crippen molar-refractivity contribution in [2.45, 2.75) is 25.8 Å². The van der Waals surface area contributed by atoms with Crippen molar-refractivity contribution in [1.29, 1.82) is 0 Å². The van der Waals surface area contributed by atoms with Crippen LogP contribution < -0.4 is 10.1 Å². The molecule has 0 spiro atoms. The second-order valence-corrected chi connectivity index (χ2v) is 5.32. The molecule has 0 saturated heterocycles. The van der Waals surface area contributed by atoms with Crippen molar-refractivity contribution < 1.29 is 4.74 Å². The van der Waals surface area contributed by atoms with Gasteiger partial charge in [0.25, 0.3) is 0 Å². The van der Waals surface area contributed by atoms with Crippen LogP contribution in [0.25, 0.3) is 0 Å². The van der Waals surface area contributed by atoms with Crippen LogP contribution in [0.2, 0.25) is 0 Å². The zero-order valence-corrected chi connectivity index (χ0v) is 13.1. The molecule has 0 saturated carbocycles. The molecule has 2 heteroatoms. The monoisotopic (exact) mass is 295 g/mol. The molecule has 0 radical (unpaired) electrons. The fourth-order valence-corrected chi connectivity index (χ4v) is 2.33. The average molecular weight is 295 g/mol. The molecule has 0 aliphatic rings. The lowest BCUT2D eigenvalue weighted by atomic mass is 10.1. The van der Waals surface area contributed by atoms with Gasteiger partial charge < -0.3 is 10.1 Å². The highest BCUT2D eigenvalue weighted by Crippen LogP contribution is 2.18. The topological polar surface area (TPSA) is 21.3 Å². The van der Waals surface area contributed by atoms with E-state index in [1.54, 1.807) is 0 Å². The predicted octanol–water partition coefficient (Wildman–Crippen LogP) is 4.36. The Labute approximate surface area is 133 Å². The first-order chi connectivity index (χ1) is 10.9. The molecule has 2 aromatic carbocycles. The summed E-state index contributed by atoms with van der Waals surface area (Å²) in [5, 5.41) is 3.46. The third kappa shape index (κ3) is 5.74. The minimum Gasteiger partial charge on any atom is -0.493 e. The zero-order chi connectivity index (χ0) is 15.5. The molecule has 0 aliphatic heterocycles. The van der Waals surface area contributed by atoms with Gasteiger partial charge in [-0.05, 0) is 43.0 Å². The summed E-state index contributed by atoms with van der Waals surface area (Å²) in [6.45, 7) is 6.51. The molecule has 1 N–H and O–H groups in total. The summed E-state index contributed by atoms with van der Waals surface area (Å²) in [5.41, 5.74) is 2.54. The van der Waals surface area contributed by atoms with Crippen LogP contribution in [-0.2, 0) is 13.0 Å². The van der Waals surface area contributed by atoms with Crippen molar-refractivity contribution in [3.05, 3.63) is 78.4 Å². The van der Waals surface area contributed by atoms with Crippen molar-refractivity contribution in [2.75, 3.05) is 13.2 Å². The molecular weight excluding hydrogens is 270 g/mol. The van der Waals surface area contributed by atoms with Gasteiger partial charge in [-0.3, -0.25) is 0 Å². The van der Waals surface area contributed by atoms with Gasteiger partial charge in [-0.1, -0.05) is 54.6 Å². The number of nitrogens with one attached hydrogen (secondary N) is 1. The first-order valence-electron chi connectivity index (χ1n) is 7.96. The predicted molar refractivity (Wildman–Crippen MR) is 93.2 cm³/mol. The van der Waals surface area contributed by atoms with Gasteiger partial charge in [0.1, 0.15) is 5.75 Å². The lowest BCUT2D eigenvalue weighted by molar-refractivity contribution is 0.303. The molecule has 2 aromatic rings. The lowest BCUT2D eigenvalue weighted by Crippen LogP contribution is -2.15. The number of hydrogen-bond donors (Lipinski definition) is 1. The molecule has 116 valence electrons. The molecule has 0 aromatic heterocycles. The van der Waals surface area contributed by atoms with Crippen LogP contribution in [-0.4, -0.2) is 13.2 Å². The lowest BCUT2D eigenvalue weighted by Gasteiger charge is -2.10. The molecule has 0 fully saturated rings. The Morgan fingerprint density at radius 1 is 0.955 bits per heavy atom. The van der Waals surface area contributed by atoms with Gasteiger partial charge >= 0.3 is 0 Å². The van der Waals surface area contributed by atoms with Gasteiger partial charge in [-0.15, -0.1) is 6.58 Å². The van der Waals surface area contributed by atoms with Crippen LogP contribution in [0.3, 0.4) is 0 Å². The second kappa shape index (κ2) is 9.80. The normalized spacial score (nSPS) is 10.4. The van der Waals surface area contributed by atoms with Crippen molar-refractivity contribution >= 4 is 0 Å². The number of hydrogen-bond acceptors (Lipinski definition) is 2. The molecular formula is C20H25NO. The standard InChI is InChI=1S/C20H25NO/c1-2-10-19-13-6-7-14-20(19)22-16-9-8-15-21-17-18-11-4-3-5-12-18/h2-7,11-14,21H,1,8-10,15-17H2. The largest absolute Gasteiger partial charge is 0.493 e. The van der Waals surface area contributed by atoms with Crippen molar-refractivity contribution in [3.63, 3.8) is 0 Å². The summed E-state index contributed by atoms with van der Waals surface area (Å²) < 4.78 is 5.88. The molecule has 2 rings (SSSR count). The summed E-state index contributed by atoms with van der Waals surface area (Å²) in [4.78, 5) is 0. The molecule has 0 aliphatic carbocycles. The van der Waals surface area contributed by atoms with Crippen LogP contribution >= 0.6 is 0 Å². The van der Waals surface area contributed by atoms with E-state index in [9.17, 15) is 0 Å². The smallest absolute Gasteiger partial charge is 0.122 e. The third-order valence-electron chi connectivity index (χ3n) is 3.51. The zero-order valence-electron chi connectivity index (χ0n) is 13.1. The Balaban J connectivity index is 1.59. The van der Waals surface area contributed by atoms with E-state index >= 15 is 0 Å². The Hall–Kier alpha value is -2.06. The fourth-order valence-electron chi connectivity index (χ4n) is 2.33. The highest BCUT2D eigenvalue weighted by Gasteiger charge is 2.00. The van der Waals surface area contributed by atoms with E-state index in [2.05, 4.69) is 42.2 Å². The highest BCUT2D eigenvalue weighted by molar-refractivity contribution is 5.34. The van der Waals surface area contributed by atoms with Crippen molar-refractivity contribution in [1.82, 2.24) is 5.32 Å². The number of unbranched alkanes of at least 4 members (excludes halogenated alkanes) is 1. The van der Waals surface area contributed by atoms with E-state index in [0.717, 1.165) is 44.7 Å². The van der Waals surface area contributed by atoms with E-state index in [0.29, 0.717) is 0 Å². The second-order valence-electron chi connectivity index (χ2n) is 5.32. The van der Waals surface area contributed by atoms with E-state index in [1.807, 2.05) is 30.3 Å². The number of ether oxygens (including phenoxy) is 1. The first-order valence-corrected chi connectivity index (χ1v) is 7.96. The maximum Gasteiger partial charge on any atom is 0.122 e. The minimum atomic E-state index is 0.765. The molecule has 0 atom stereocenters. The fraction of sp³-hybridized carbons (Fsp3) is 0.300. The van der Waals surface area contributed by atoms with Crippen molar-refractivity contribution in [3.8, 4) is 5.75 Å². The maximum atomic E-state index is 5.88. The van der Waals surface area contributed by atoms with E-state index < -0.39 is 0 Å². The molecule has 0 amide bonds. The third-order valence-corrected chi connectivity index (χ3v) is 3.51. The Kier molecular flexibility index (Phi) is 7.27. The van der Waals surface area contributed by atoms with Gasteiger partial charge in [0.2, 0.25) is 0 Å². The van der Waals surface area contributed by atoms with Crippen LogP contribution in [0.15, 0.2) is 67.3 Å². The van der Waals surface area contributed by atoms with Crippen molar-refractivity contribution in [2.24, 2.45) is 0 Å².